The fourth-order valence-electron chi connectivity index (χ4n) is 1.79. The summed E-state index contributed by atoms with van der Waals surface area (Å²) in [4.78, 5) is 14.2. The van der Waals surface area contributed by atoms with Crippen molar-refractivity contribution in [3.63, 3.8) is 0 Å². The maximum Gasteiger partial charge on any atom is 0.142 e. The summed E-state index contributed by atoms with van der Waals surface area (Å²) >= 11 is 0. The summed E-state index contributed by atoms with van der Waals surface area (Å²) in [6.45, 7) is 11.1. The summed E-state index contributed by atoms with van der Waals surface area (Å²) in [6, 6.07) is 0. The minimum absolute atomic E-state index is 0.157. The van der Waals surface area contributed by atoms with Crippen LogP contribution in [0.5, 0.6) is 0 Å². The van der Waals surface area contributed by atoms with Crippen molar-refractivity contribution >= 4 is 5.78 Å². The third-order valence-electron chi connectivity index (χ3n) is 2.79. The average molecular weight is 199 g/mol. The van der Waals surface area contributed by atoms with Crippen LogP contribution >= 0.6 is 0 Å². The van der Waals surface area contributed by atoms with E-state index in [4.69, 9.17) is 0 Å². The van der Waals surface area contributed by atoms with Crippen molar-refractivity contribution in [3.05, 3.63) is 0 Å². The van der Waals surface area contributed by atoms with Gasteiger partial charge in [-0.25, -0.2) is 0 Å². The van der Waals surface area contributed by atoms with Crippen LogP contribution in [0.15, 0.2) is 0 Å². The van der Waals surface area contributed by atoms with Crippen molar-refractivity contribution in [1.82, 2.24) is 4.90 Å². The molecule has 0 fully saturated rings. The number of carbonyl (C=O) groups excluding carboxylic acids is 1. The van der Waals surface area contributed by atoms with Gasteiger partial charge >= 0.3 is 0 Å². The molecule has 14 heavy (non-hydrogen) atoms. The molecule has 0 bridgehead atoms. The van der Waals surface area contributed by atoms with Gasteiger partial charge in [-0.05, 0) is 20.0 Å². The molecule has 0 N–H and O–H groups in total. The molecule has 0 heterocycles. The van der Waals surface area contributed by atoms with Crippen LogP contribution in [-0.2, 0) is 4.79 Å². The van der Waals surface area contributed by atoms with Gasteiger partial charge in [0.05, 0.1) is 0 Å². The van der Waals surface area contributed by atoms with Gasteiger partial charge < -0.3 is 4.90 Å². The average Bonchev–Trinajstić information content (AvgIpc) is 1.99. The zero-order chi connectivity index (χ0) is 11.5. The zero-order valence-electron chi connectivity index (χ0n) is 10.7. The van der Waals surface area contributed by atoms with Gasteiger partial charge in [0.15, 0.2) is 0 Å². The Bertz CT molecular complexity index is 194. The smallest absolute Gasteiger partial charge is 0.142 e. The number of hydrogen-bond acceptors (Lipinski definition) is 2. The molecule has 0 saturated heterocycles. The van der Waals surface area contributed by atoms with Crippen molar-refractivity contribution in [1.29, 1.82) is 0 Å². The molecule has 0 aromatic carbocycles. The molecular formula is C12H25NO. The second-order valence-corrected chi connectivity index (χ2v) is 5.52. The van der Waals surface area contributed by atoms with Crippen molar-refractivity contribution in [2.45, 2.75) is 34.6 Å². The Labute approximate surface area is 88.7 Å². The van der Waals surface area contributed by atoms with Gasteiger partial charge in [0.2, 0.25) is 0 Å². The minimum atomic E-state index is -0.229. The number of Topliss-reactive ketones (excluding diaryl/α,β-unsaturated/α-hetero) is 1. The minimum Gasteiger partial charge on any atom is -0.308 e. The van der Waals surface area contributed by atoms with Gasteiger partial charge in [-0.2, -0.15) is 0 Å². The first-order chi connectivity index (χ1) is 6.18. The Hall–Kier alpha value is -0.370. The van der Waals surface area contributed by atoms with Crippen molar-refractivity contribution in [3.8, 4) is 0 Å². The molecule has 0 rings (SSSR count). The molecule has 0 amide bonds. The molecule has 2 heteroatoms. The number of hydrogen-bond donors (Lipinski definition) is 0. The summed E-state index contributed by atoms with van der Waals surface area (Å²) < 4.78 is 0. The van der Waals surface area contributed by atoms with E-state index in [9.17, 15) is 4.79 Å². The van der Waals surface area contributed by atoms with Crippen LogP contribution < -0.4 is 0 Å². The van der Waals surface area contributed by atoms with Gasteiger partial charge in [-0.15, -0.1) is 0 Å². The fourth-order valence-corrected chi connectivity index (χ4v) is 1.79. The fraction of sp³-hybridized carbons (Fsp3) is 0.917. The molecule has 0 aromatic heterocycles. The van der Waals surface area contributed by atoms with E-state index in [2.05, 4.69) is 18.7 Å². The van der Waals surface area contributed by atoms with Crippen LogP contribution in [0.2, 0.25) is 0 Å². The predicted molar refractivity (Wildman–Crippen MR) is 61.3 cm³/mol. The quantitative estimate of drug-likeness (QED) is 0.678. The lowest BCUT2D eigenvalue weighted by molar-refractivity contribution is -0.132. The van der Waals surface area contributed by atoms with E-state index in [0.717, 1.165) is 6.54 Å². The molecule has 0 aliphatic rings. The normalized spacial score (nSPS) is 14.9. The van der Waals surface area contributed by atoms with E-state index in [0.29, 0.717) is 11.7 Å². The SMILES string of the molecule is CC(C)[C@@H](C)C(=O)C(C)(C)CN(C)C. The lowest BCUT2D eigenvalue weighted by Gasteiger charge is -2.30. The summed E-state index contributed by atoms with van der Waals surface area (Å²) in [7, 11) is 4.02. The van der Waals surface area contributed by atoms with E-state index in [1.165, 1.54) is 0 Å². The number of ketones is 1. The molecule has 1 atom stereocenters. The van der Waals surface area contributed by atoms with Crippen LogP contribution in [0.1, 0.15) is 34.6 Å². The highest BCUT2D eigenvalue weighted by molar-refractivity contribution is 5.86. The maximum absolute atomic E-state index is 12.1. The van der Waals surface area contributed by atoms with Crippen LogP contribution in [0.25, 0.3) is 0 Å². The molecule has 0 aliphatic carbocycles. The Morgan fingerprint density at radius 2 is 1.64 bits per heavy atom. The predicted octanol–water partition coefficient (Wildman–Crippen LogP) is 2.44. The molecule has 0 spiro atoms. The molecule has 0 aliphatic heterocycles. The van der Waals surface area contributed by atoms with Gasteiger partial charge in [0.25, 0.3) is 0 Å². The number of carbonyl (C=O) groups is 1. The molecule has 0 aromatic rings. The summed E-state index contributed by atoms with van der Waals surface area (Å²) in [6.07, 6.45) is 0. The Morgan fingerprint density at radius 3 is 1.93 bits per heavy atom. The van der Waals surface area contributed by atoms with Gasteiger partial charge in [0, 0.05) is 17.9 Å². The zero-order valence-corrected chi connectivity index (χ0v) is 10.7. The largest absolute Gasteiger partial charge is 0.308 e. The first kappa shape index (κ1) is 13.6. The highest BCUT2D eigenvalue weighted by Crippen LogP contribution is 2.25. The van der Waals surface area contributed by atoms with E-state index in [1.54, 1.807) is 0 Å². The van der Waals surface area contributed by atoms with Crippen molar-refractivity contribution < 1.29 is 4.79 Å². The Morgan fingerprint density at radius 1 is 1.21 bits per heavy atom. The van der Waals surface area contributed by atoms with Crippen molar-refractivity contribution in [2.75, 3.05) is 20.6 Å². The molecular weight excluding hydrogens is 174 g/mol. The first-order valence-electron chi connectivity index (χ1n) is 5.37. The molecule has 0 radical (unpaired) electrons. The van der Waals surface area contributed by atoms with Gasteiger partial charge in [-0.3, -0.25) is 4.79 Å². The topological polar surface area (TPSA) is 20.3 Å². The summed E-state index contributed by atoms with van der Waals surface area (Å²) in [5.74, 6) is 0.968. The Balaban J connectivity index is 4.49. The summed E-state index contributed by atoms with van der Waals surface area (Å²) in [5, 5.41) is 0. The highest BCUT2D eigenvalue weighted by Gasteiger charge is 2.32. The van der Waals surface area contributed by atoms with Crippen LogP contribution in [0.3, 0.4) is 0 Å². The first-order valence-corrected chi connectivity index (χ1v) is 5.37. The number of nitrogens with zero attached hydrogens (tertiary/aromatic N) is 1. The third-order valence-corrected chi connectivity index (χ3v) is 2.79. The number of rotatable bonds is 5. The van der Waals surface area contributed by atoms with Gasteiger partial charge in [0.1, 0.15) is 5.78 Å². The third kappa shape index (κ3) is 3.79. The highest BCUT2D eigenvalue weighted by atomic mass is 16.1. The molecule has 84 valence electrons. The van der Waals surface area contributed by atoms with Crippen molar-refractivity contribution in [2.24, 2.45) is 17.3 Å². The molecule has 0 unspecified atom stereocenters. The molecule has 2 nitrogen and oxygen atoms in total. The van der Waals surface area contributed by atoms with E-state index >= 15 is 0 Å². The van der Waals surface area contributed by atoms with E-state index in [-0.39, 0.29) is 11.3 Å². The van der Waals surface area contributed by atoms with Crippen LogP contribution in [0.4, 0.5) is 0 Å². The molecule has 0 saturated carbocycles. The summed E-state index contributed by atoms with van der Waals surface area (Å²) in [5.41, 5.74) is -0.229. The van der Waals surface area contributed by atoms with E-state index < -0.39 is 0 Å². The monoisotopic (exact) mass is 199 g/mol. The second-order valence-electron chi connectivity index (χ2n) is 5.52. The lowest BCUT2D eigenvalue weighted by Crippen LogP contribution is -2.39. The Kier molecular flexibility index (Phi) is 4.79. The maximum atomic E-state index is 12.1. The van der Waals surface area contributed by atoms with Crippen LogP contribution in [0, 0.1) is 17.3 Å². The van der Waals surface area contributed by atoms with Gasteiger partial charge in [-0.1, -0.05) is 34.6 Å². The standard InChI is InChI=1S/C12H25NO/c1-9(2)10(3)11(14)12(4,5)8-13(6)7/h9-10H,8H2,1-7H3/t10-/m1/s1. The second kappa shape index (κ2) is 4.92. The van der Waals surface area contributed by atoms with Crippen LogP contribution in [-0.4, -0.2) is 31.3 Å². The van der Waals surface area contributed by atoms with E-state index in [1.807, 2.05) is 34.9 Å². The lowest BCUT2D eigenvalue weighted by atomic mass is 9.77.